The second-order valence-corrected chi connectivity index (χ2v) is 6.97. The Balaban J connectivity index is 1.65. The highest BCUT2D eigenvalue weighted by Gasteiger charge is 2.36. The number of aryl methyl sites for hydroxylation is 1. The molecule has 0 spiro atoms. The Morgan fingerprint density at radius 2 is 2.00 bits per heavy atom. The van der Waals surface area contributed by atoms with Crippen molar-refractivity contribution < 1.29 is 9.59 Å². The van der Waals surface area contributed by atoms with E-state index in [-0.39, 0.29) is 18.2 Å². The van der Waals surface area contributed by atoms with Crippen LogP contribution in [0, 0.1) is 12.8 Å². The van der Waals surface area contributed by atoms with Crippen LogP contribution in [0.1, 0.15) is 17.5 Å². The molecule has 1 N–H and O–H groups in total. The van der Waals surface area contributed by atoms with Crippen LogP contribution < -0.4 is 10.2 Å². The number of anilines is 1. The van der Waals surface area contributed by atoms with Crippen molar-refractivity contribution in [3.8, 4) is 0 Å². The molecule has 0 radical (unpaired) electrons. The fraction of sp³-hybridized carbons (Fsp3) is 0.263. The molecule has 1 saturated heterocycles. The number of halogens is 2. The third-order valence-corrected chi connectivity index (χ3v) is 5.08. The number of nitrogens with one attached hydrogen (secondary N) is 1. The number of amides is 2. The van der Waals surface area contributed by atoms with Gasteiger partial charge in [0.2, 0.25) is 11.8 Å². The van der Waals surface area contributed by atoms with Gasteiger partial charge in [0.1, 0.15) is 0 Å². The van der Waals surface area contributed by atoms with E-state index in [1.54, 1.807) is 18.2 Å². The molecule has 2 aromatic rings. The number of hydrogen-bond acceptors (Lipinski definition) is 2. The van der Waals surface area contributed by atoms with Gasteiger partial charge < -0.3 is 10.2 Å². The summed E-state index contributed by atoms with van der Waals surface area (Å²) in [6.45, 7) is 2.76. The predicted molar refractivity (Wildman–Crippen MR) is 99.9 cm³/mol. The molecule has 25 heavy (non-hydrogen) atoms. The zero-order valence-electron chi connectivity index (χ0n) is 13.8. The molecule has 6 heteroatoms. The molecule has 0 saturated carbocycles. The molecule has 0 aromatic heterocycles. The van der Waals surface area contributed by atoms with Crippen LogP contribution in [0.3, 0.4) is 0 Å². The lowest BCUT2D eigenvalue weighted by molar-refractivity contribution is -0.126. The van der Waals surface area contributed by atoms with E-state index in [4.69, 9.17) is 23.2 Å². The Kier molecular flexibility index (Phi) is 5.30. The van der Waals surface area contributed by atoms with Gasteiger partial charge in [-0.3, -0.25) is 9.59 Å². The molecular weight excluding hydrogens is 359 g/mol. The maximum Gasteiger partial charge on any atom is 0.227 e. The fourth-order valence-electron chi connectivity index (χ4n) is 2.97. The molecular formula is C19H18Cl2N2O2. The van der Waals surface area contributed by atoms with Crippen molar-refractivity contribution in [1.29, 1.82) is 0 Å². The maximum atomic E-state index is 12.4. The van der Waals surface area contributed by atoms with Crippen molar-refractivity contribution in [2.75, 3.05) is 11.4 Å². The van der Waals surface area contributed by atoms with Crippen LogP contribution in [0.15, 0.2) is 42.5 Å². The first-order valence-corrected chi connectivity index (χ1v) is 8.79. The Labute approximate surface area is 156 Å². The van der Waals surface area contributed by atoms with Crippen LogP contribution in [-0.4, -0.2) is 18.4 Å². The van der Waals surface area contributed by atoms with Crippen LogP contribution in [0.25, 0.3) is 0 Å². The highest BCUT2D eigenvalue weighted by atomic mass is 35.5. The summed E-state index contributed by atoms with van der Waals surface area (Å²) in [5, 5.41) is 3.63. The largest absolute Gasteiger partial charge is 0.352 e. The van der Waals surface area contributed by atoms with Gasteiger partial charge in [0.05, 0.1) is 21.7 Å². The Morgan fingerprint density at radius 1 is 1.24 bits per heavy atom. The van der Waals surface area contributed by atoms with E-state index in [2.05, 4.69) is 5.32 Å². The van der Waals surface area contributed by atoms with E-state index in [0.717, 1.165) is 11.1 Å². The van der Waals surface area contributed by atoms with Crippen LogP contribution in [0.5, 0.6) is 0 Å². The van der Waals surface area contributed by atoms with Crippen molar-refractivity contribution in [2.45, 2.75) is 19.9 Å². The molecule has 1 atom stereocenters. The van der Waals surface area contributed by atoms with E-state index < -0.39 is 5.92 Å². The average Bonchev–Trinajstić information content (AvgIpc) is 2.97. The minimum absolute atomic E-state index is 0.125. The zero-order valence-corrected chi connectivity index (χ0v) is 15.3. The summed E-state index contributed by atoms with van der Waals surface area (Å²) in [6, 6.07) is 13.1. The van der Waals surface area contributed by atoms with Gasteiger partial charge in [-0.1, -0.05) is 59.1 Å². The summed E-state index contributed by atoms with van der Waals surface area (Å²) in [5.41, 5.74) is 2.73. The van der Waals surface area contributed by atoms with Crippen molar-refractivity contribution in [3.05, 3.63) is 63.6 Å². The molecule has 1 aliphatic heterocycles. The summed E-state index contributed by atoms with van der Waals surface area (Å²) in [4.78, 5) is 26.3. The number of rotatable bonds is 4. The molecule has 1 heterocycles. The summed E-state index contributed by atoms with van der Waals surface area (Å²) < 4.78 is 0. The standard InChI is InChI=1S/C19H18Cl2N2O2/c1-12-4-2-5-13(8-12)10-22-19(25)14-9-17(24)23(11-14)16-7-3-6-15(20)18(16)21/h2-8,14H,9-11H2,1H3,(H,22,25)/t14-/m0/s1. The van der Waals surface area contributed by atoms with Crippen molar-refractivity contribution in [1.82, 2.24) is 5.32 Å². The third-order valence-electron chi connectivity index (χ3n) is 4.27. The molecule has 2 aromatic carbocycles. The van der Waals surface area contributed by atoms with Gasteiger partial charge in [-0.25, -0.2) is 0 Å². The lowest BCUT2D eigenvalue weighted by Crippen LogP contribution is -2.32. The van der Waals surface area contributed by atoms with Gasteiger partial charge in [0, 0.05) is 19.5 Å². The molecule has 1 fully saturated rings. The second kappa shape index (κ2) is 7.46. The van der Waals surface area contributed by atoms with Gasteiger partial charge in [-0.05, 0) is 24.6 Å². The maximum absolute atomic E-state index is 12.4. The second-order valence-electron chi connectivity index (χ2n) is 6.19. The number of hydrogen-bond donors (Lipinski definition) is 1. The molecule has 4 nitrogen and oxygen atoms in total. The van der Waals surface area contributed by atoms with Gasteiger partial charge in [0.25, 0.3) is 0 Å². The molecule has 1 aliphatic rings. The first-order valence-electron chi connectivity index (χ1n) is 8.03. The summed E-state index contributed by atoms with van der Waals surface area (Å²) in [5.74, 6) is -0.650. The monoisotopic (exact) mass is 376 g/mol. The van der Waals surface area contributed by atoms with E-state index >= 15 is 0 Å². The highest BCUT2D eigenvalue weighted by molar-refractivity contribution is 6.44. The molecule has 0 aliphatic carbocycles. The number of nitrogens with zero attached hydrogens (tertiary/aromatic N) is 1. The lowest BCUT2D eigenvalue weighted by atomic mass is 10.1. The first kappa shape index (κ1) is 17.8. The lowest BCUT2D eigenvalue weighted by Gasteiger charge is -2.18. The zero-order chi connectivity index (χ0) is 18.0. The number of carbonyl (C=O) groups excluding carboxylic acids is 2. The minimum Gasteiger partial charge on any atom is -0.352 e. The summed E-state index contributed by atoms with van der Waals surface area (Å²) in [7, 11) is 0. The van der Waals surface area contributed by atoms with E-state index in [1.807, 2.05) is 31.2 Å². The molecule has 130 valence electrons. The van der Waals surface area contributed by atoms with E-state index in [1.165, 1.54) is 4.90 Å². The van der Waals surface area contributed by atoms with Gasteiger partial charge in [-0.2, -0.15) is 0 Å². The molecule has 3 rings (SSSR count). The van der Waals surface area contributed by atoms with Crippen molar-refractivity contribution in [2.24, 2.45) is 5.92 Å². The van der Waals surface area contributed by atoms with E-state index in [0.29, 0.717) is 28.8 Å². The third kappa shape index (κ3) is 3.97. The SMILES string of the molecule is Cc1cccc(CNC(=O)[C@H]2CC(=O)N(c3cccc(Cl)c3Cl)C2)c1. The van der Waals surface area contributed by atoms with Crippen LogP contribution in [0.4, 0.5) is 5.69 Å². The number of benzene rings is 2. The first-order chi connectivity index (χ1) is 12.0. The number of carbonyl (C=O) groups is 2. The van der Waals surface area contributed by atoms with Gasteiger partial charge >= 0.3 is 0 Å². The quantitative estimate of drug-likeness (QED) is 0.877. The fourth-order valence-corrected chi connectivity index (χ4v) is 3.37. The van der Waals surface area contributed by atoms with Crippen LogP contribution >= 0.6 is 23.2 Å². The topological polar surface area (TPSA) is 49.4 Å². The average molecular weight is 377 g/mol. The van der Waals surface area contributed by atoms with Crippen LogP contribution in [-0.2, 0) is 16.1 Å². The Morgan fingerprint density at radius 3 is 2.76 bits per heavy atom. The Bertz CT molecular complexity index is 823. The predicted octanol–water partition coefficient (Wildman–Crippen LogP) is 3.97. The van der Waals surface area contributed by atoms with Crippen LogP contribution in [0.2, 0.25) is 10.0 Å². The Hall–Kier alpha value is -2.04. The summed E-state index contributed by atoms with van der Waals surface area (Å²) >= 11 is 12.2. The normalized spacial score (nSPS) is 17.0. The van der Waals surface area contributed by atoms with E-state index in [9.17, 15) is 9.59 Å². The summed E-state index contributed by atoms with van der Waals surface area (Å²) in [6.07, 6.45) is 0.169. The van der Waals surface area contributed by atoms with Crippen molar-refractivity contribution >= 4 is 40.7 Å². The minimum atomic E-state index is -0.396. The highest BCUT2D eigenvalue weighted by Crippen LogP contribution is 2.35. The molecule has 2 amide bonds. The van der Waals surface area contributed by atoms with Gasteiger partial charge in [0.15, 0.2) is 0 Å². The molecule has 0 unspecified atom stereocenters. The van der Waals surface area contributed by atoms with Crippen molar-refractivity contribution in [3.63, 3.8) is 0 Å². The smallest absolute Gasteiger partial charge is 0.227 e. The molecule has 0 bridgehead atoms. The van der Waals surface area contributed by atoms with Gasteiger partial charge in [-0.15, -0.1) is 0 Å².